The number of aliphatic hydroxyl groups is 1. The lowest BCUT2D eigenvalue weighted by Gasteiger charge is -2.28. The molecule has 2 heteroatoms. The Labute approximate surface area is 95.9 Å². The monoisotopic (exact) mass is 218 g/mol. The summed E-state index contributed by atoms with van der Waals surface area (Å²) in [7, 11) is 0. The van der Waals surface area contributed by atoms with Crippen molar-refractivity contribution in [3.63, 3.8) is 0 Å². The van der Waals surface area contributed by atoms with Crippen LogP contribution < -0.4 is 0 Å². The maximum absolute atomic E-state index is 10.6. The third kappa shape index (κ3) is 1.63. The standard InChI is InChI=1S/C14H18O2/c1-4-14(15,10(2)3)13-9-11-7-5-6-8-12(11)16-13/h5-10,15H,4H2,1-3H3. The van der Waals surface area contributed by atoms with E-state index in [1.807, 2.05) is 51.1 Å². The van der Waals surface area contributed by atoms with Gasteiger partial charge in [-0.3, -0.25) is 0 Å². The highest BCUT2D eigenvalue weighted by atomic mass is 16.4. The average Bonchev–Trinajstić information content (AvgIpc) is 2.71. The van der Waals surface area contributed by atoms with Crippen molar-refractivity contribution in [2.45, 2.75) is 32.8 Å². The molecular weight excluding hydrogens is 200 g/mol. The predicted molar refractivity (Wildman–Crippen MR) is 65.2 cm³/mol. The normalized spacial score (nSPS) is 15.6. The lowest BCUT2D eigenvalue weighted by Crippen LogP contribution is -2.30. The molecular formula is C14H18O2. The van der Waals surface area contributed by atoms with E-state index < -0.39 is 5.60 Å². The zero-order chi connectivity index (χ0) is 11.8. The van der Waals surface area contributed by atoms with E-state index in [4.69, 9.17) is 4.42 Å². The molecule has 0 saturated heterocycles. The van der Waals surface area contributed by atoms with E-state index in [0.717, 1.165) is 11.0 Å². The van der Waals surface area contributed by atoms with Crippen LogP contribution in [0.25, 0.3) is 11.0 Å². The fourth-order valence-corrected chi connectivity index (χ4v) is 2.06. The third-order valence-corrected chi connectivity index (χ3v) is 3.35. The van der Waals surface area contributed by atoms with E-state index in [1.54, 1.807) is 0 Å². The molecule has 0 aliphatic heterocycles. The molecule has 2 rings (SSSR count). The molecule has 0 bridgehead atoms. The van der Waals surface area contributed by atoms with Gasteiger partial charge in [-0.1, -0.05) is 39.0 Å². The first-order valence-electron chi connectivity index (χ1n) is 5.79. The zero-order valence-corrected chi connectivity index (χ0v) is 10.0. The van der Waals surface area contributed by atoms with E-state index in [0.29, 0.717) is 12.2 Å². The van der Waals surface area contributed by atoms with Crippen LogP contribution in [0.4, 0.5) is 0 Å². The topological polar surface area (TPSA) is 33.4 Å². The second kappa shape index (κ2) is 3.95. The first kappa shape index (κ1) is 11.2. The number of hydrogen-bond donors (Lipinski definition) is 1. The SMILES string of the molecule is CCC(O)(c1cc2ccccc2o1)C(C)C. The number of furan rings is 1. The van der Waals surface area contributed by atoms with Crippen molar-refractivity contribution in [1.29, 1.82) is 0 Å². The zero-order valence-electron chi connectivity index (χ0n) is 10.0. The minimum atomic E-state index is -0.862. The van der Waals surface area contributed by atoms with Crippen molar-refractivity contribution >= 4 is 11.0 Å². The fraction of sp³-hybridized carbons (Fsp3) is 0.429. The Morgan fingerprint density at radius 2 is 2.00 bits per heavy atom. The Bertz CT molecular complexity index is 451. The molecule has 2 nitrogen and oxygen atoms in total. The lowest BCUT2D eigenvalue weighted by atomic mass is 9.85. The number of benzene rings is 1. The highest BCUT2D eigenvalue weighted by molar-refractivity contribution is 5.77. The van der Waals surface area contributed by atoms with Gasteiger partial charge in [0.2, 0.25) is 0 Å². The van der Waals surface area contributed by atoms with Gasteiger partial charge >= 0.3 is 0 Å². The molecule has 1 N–H and O–H groups in total. The van der Waals surface area contributed by atoms with Gasteiger partial charge in [-0.25, -0.2) is 0 Å². The first-order valence-corrected chi connectivity index (χ1v) is 5.79. The van der Waals surface area contributed by atoms with Crippen LogP contribution in [0, 0.1) is 5.92 Å². The summed E-state index contributed by atoms with van der Waals surface area (Å²) in [6.07, 6.45) is 0.657. The second-order valence-electron chi connectivity index (χ2n) is 4.58. The molecule has 0 aliphatic rings. The van der Waals surface area contributed by atoms with Gasteiger partial charge in [0.05, 0.1) is 0 Å². The summed E-state index contributed by atoms with van der Waals surface area (Å²) in [5, 5.41) is 11.6. The summed E-state index contributed by atoms with van der Waals surface area (Å²) in [6, 6.07) is 9.78. The highest BCUT2D eigenvalue weighted by Crippen LogP contribution is 2.36. The third-order valence-electron chi connectivity index (χ3n) is 3.35. The second-order valence-corrected chi connectivity index (χ2v) is 4.58. The number of hydrogen-bond acceptors (Lipinski definition) is 2. The van der Waals surface area contributed by atoms with Gasteiger partial charge in [-0.15, -0.1) is 0 Å². The Kier molecular flexibility index (Phi) is 2.76. The molecule has 0 saturated carbocycles. The highest BCUT2D eigenvalue weighted by Gasteiger charge is 2.34. The molecule has 1 atom stereocenters. The maximum atomic E-state index is 10.6. The van der Waals surface area contributed by atoms with E-state index in [2.05, 4.69) is 0 Å². The molecule has 1 aromatic heterocycles. The van der Waals surface area contributed by atoms with Crippen molar-refractivity contribution in [3.05, 3.63) is 36.1 Å². The van der Waals surface area contributed by atoms with Crippen LogP contribution in [0.15, 0.2) is 34.7 Å². The molecule has 86 valence electrons. The number of rotatable bonds is 3. The van der Waals surface area contributed by atoms with Gasteiger partial charge in [0.25, 0.3) is 0 Å². The van der Waals surface area contributed by atoms with Crippen molar-refractivity contribution in [1.82, 2.24) is 0 Å². The van der Waals surface area contributed by atoms with Crippen molar-refractivity contribution in [2.75, 3.05) is 0 Å². The van der Waals surface area contributed by atoms with Crippen LogP contribution >= 0.6 is 0 Å². The summed E-state index contributed by atoms with van der Waals surface area (Å²) < 4.78 is 5.74. The smallest absolute Gasteiger partial charge is 0.137 e. The minimum absolute atomic E-state index is 0.137. The molecule has 16 heavy (non-hydrogen) atoms. The Hall–Kier alpha value is -1.28. The molecule has 0 fully saturated rings. The molecule has 1 heterocycles. The maximum Gasteiger partial charge on any atom is 0.137 e. The van der Waals surface area contributed by atoms with Gasteiger partial charge in [0, 0.05) is 5.39 Å². The summed E-state index contributed by atoms with van der Waals surface area (Å²) in [4.78, 5) is 0. The summed E-state index contributed by atoms with van der Waals surface area (Å²) in [6.45, 7) is 6.00. The molecule has 1 unspecified atom stereocenters. The van der Waals surface area contributed by atoms with Crippen LogP contribution in [0.3, 0.4) is 0 Å². The molecule has 1 aromatic carbocycles. The average molecular weight is 218 g/mol. The van der Waals surface area contributed by atoms with Crippen molar-refractivity contribution in [3.8, 4) is 0 Å². The van der Waals surface area contributed by atoms with Crippen LogP contribution in [-0.4, -0.2) is 5.11 Å². The molecule has 2 aromatic rings. The van der Waals surface area contributed by atoms with Crippen LogP contribution in [-0.2, 0) is 5.60 Å². The largest absolute Gasteiger partial charge is 0.458 e. The minimum Gasteiger partial charge on any atom is -0.458 e. The predicted octanol–water partition coefficient (Wildman–Crippen LogP) is 3.69. The van der Waals surface area contributed by atoms with Crippen LogP contribution in [0.1, 0.15) is 33.0 Å². The molecule has 0 aliphatic carbocycles. The molecule has 0 amide bonds. The lowest BCUT2D eigenvalue weighted by molar-refractivity contribution is -0.0318. The first-order chi connectivity index (χ1) is 7.58. The van der Waals surface area contributed by atoms with Crippen molar-refractivity contribution < 1.29 is 9.52 Å². The fourth-order valence-electron chi connectivity index (χ4n) is 2.06. The van der Waals surface area contributed by atoms with E-state index in [1.165, 1.54) is 0 Å². The van der Waals surface area contributed by atoms with Crippen LogP contribution in [0.2, 0.25) is 0 Å². The van der Waals surface area contributed by atoms with Gasteiger partial charge in [-0.2, -0.15) is 0 Å². The quantitative estimate of drug-likeness (QED) is 0.852. The summed E-state index contributed by atoms with van der Waals surface area (Å²) in [5.41, 5.74) is -0.0241. The van der Waals surface area contributed by atoms with Crippen LogP contribution in [0.5, 0.6) is 0 Å². The molecule has 0 radical (unpaired) electrons. The van der Waals surface area contributed by atoms with Gasteiger partial charge in [0.15, 0.2) is 0 Å². The Morgan fingerprint density at radius 1 is 1.31 bits per heavy atom. The molecule has 0 spiro atoms. The van der Waals surface area contributed by atoms with E-state index >= 15 is 0 Å². The number of fused-ring (bicyclic) bond motifs is 1. The van der Waals surface area contributed by atoms with Crippen molar-refractivity contribution in [2.24, 2.45) is 5.92 Å². The Balaban J connectivity index is 2.54. The number of para-hydroxylation sites is 1. The summed E-state index contributed by atoms with van der Waals surface area (Å²) in [5.74, 6) is 0.810. The van der Waals surface area contributed by atoms with E-state index in [-0.39, 0.29) is 5.92 Å². The summed E-state index contributed by atoms with van der Waals surface area (Å²) >= 11 is 0. The van der Waals surface area contributed by atoms with Gasteiger partial charge in [-0.05, 0) is 24.5 Å². The van der Waals surface area contributed by atoms with Gasteiger partial charge in [0.1, 0.15) is 16.9 Å². The van der Waals surface area contributed by atoms with E-state index in [9.17, 15) is 5.11 Å². The Morgan fingerprint density at radius 3 is 2.56 bits per heavy atom. The van der Waals surface area contributed by atoms with Gasteiger partial charge < -0.3 is 9.52 Å².